The summed E-state index contributed by atoms with van der Waals surface area (Å²) in [6.07, 6.45) is 6.45. The van der Waals surface area contributed by atoms with Gasteiger partial charge in [0.2, 0.25) is 0 Å². The van der Waals surface area contributed by atoms with Crippen molar-refractivity contribution in [1.29, 1.82) is 0 Å². The molecular formula is C16H18O2. The molecule has 1 fully saturated rings. The standard InChI is InChI=1S/C16H18O2/c1-2-18-15(17)16(13-6-4-3-5-7-13)11-12-8-9-14(16)10-12/h3-9,12,14H,2,10-11H2,1H3. The molecule has 18 heavy (non-hydrogen) atoms. The Morgan fingerprint density at radius 3 is 2.67 bits per heavy atom. The van der Waals surface area contributed by atoms with Crippen LogP contribution in [0.5, 0.6) is 0 Å². The van der Waals surface area contributed by atoms with E-state index in [1.165, 1.54) is 0 Å². The van der Waals surface area contributed by atoms with Crippen LogP contribution in [0.25, 0.3) is 0 Å². The van der Waals surface area contributed by atoms with E-state index in [1.807, 2.05) is 25.1 Å². The van der Waals surface area contributed by atoms with Crippen molar-refractivity contribution in [1.82, 2.24) is 0 Å². The fraction of sp³-hybridized carbons (Fsp3) is 0.438. The smallest absolute Gasteiger partial charge is 0.317 e. The van der Waals surface area contributed by atoms with Gasteiger partial charge in [0, 0.05) is 0 Å². The molecule has 2 aliphatic carbocycles. The van der Waals surface area contributed by atoms with Crippen LogP contribution in [0.15, 0.2) is 42.5 Å². The van der Waals surface area contributed by atoms with Gasteiger partial charge in [0.1, 0.15) is 0 Å². The second-order valence-electron chi connectivity index (χ2n) is 5.25. The molecule has 0 heterocycles. The van der Waals surface area contributed by atoms with Crippen LogP contribution >= 0.6 is 0 Å². The molecule has 0 aromatic heterocycles. The lowest BCUT2D eigenvalue weighted by atomic mass is 9.70. The van der Waals surface area contributed by atoms with E-state index in [0.29, 0.717) is 18.4 Å². The monoisotopic (exact) mass is 242 g/mol. The summed E-state index contributed by atoms with van der Waals surface area (Å²) in [7, 11) is 0. The van der Waals surface area contributed by atoms with E-state index in [0.717, 1.165) is 18.4 Å². The normalized spacial score (nSPS) is 32.7. The van der Waals surface area contributed by atoms with Crippen molar-refractivity contribution in [2.45, 2.75) is 25.2 Å². The first-order valence-electron chi connectivity index (χ1n) is 6.68. The molecule has 0 N–H and O–H groups in total. The Morgan fingerprint density at radius 1 is 1.33 bits per heavy atom. The zero-order valence-corrected chi connectivity index (χ0v) is 10.6. The Morgan fingerprint density at radius 2 is 2.11 bits per heavy atom. The van der Waals surface area contributed by atoms with Crippen LogP contribution in [0.1, 0.15) is 25.3 Å². The predicted molar refractivity (Wildman–Crippen MR) is 70.1 cm³/mol. The molecular weight excluding hydrogens is 224 g/mol. The highest BCUT2D eigenvalue weighted by atomic mass is 16.5. The van der Waals surface area contributed by atoms with Gasteiger partial charge < -0.3 is 4.74 Å². The maximum atomic E-state index is 12.5. The van der Waals surface area contributed by atoms with E-state index in [1.54, 1.807) is 0 Å². The van der Waals surface area contributed by atoms with Gasteiger partial charge >= 0.3 is 5.97 Å². The number of hydrogen-bond donors (Lipinski definition) is 0. The van der Waals surface area contributed by atoms with Crippen molar-refractivity contribution in [3.8, 4) is 0 Å². The first-order chi connectivity index (χ1) is 8.77. The van der Waals surface area contributed by atoms with Gasteiger partial charge in [-0.25, -0.2) is 0 Å². The zero-order valence-electron chi connectivity index (χ0n) is 10.6. The average Bonchev–Trinajstić information content (AvgIpc) is 3.01. The molecule has 3 rings (SSSR count). The third-order valence-electron chi connectivity index (χ3n) is 4.32. The van der Waals surface area contributed by atoms with Crippen molar-refractivity contribution in [2.24, 2.45) is 11.8 Å². The summed E-state index contributed by atoms with van der Waals surface area (Å²) in [5, 5.41) is 0. The largest absolute Gasteiger partial charge is 0.465 e. The third kappa shape index (κ3) is 1.52. The summed E-state index contributed by atoms with van der Waals surface area (Å²) in [5.41, 5.74) is 0.678. The Hall–Kier alpha value is -1.57. The lowest BCUT2D eigenvalue weighted by Crippen LogP contribution is -2.41. The molecule has 1 saturated carbocycles. The summed E-state index contributed by atoms with van der Waals surface area (Å²) < 4.78 is 5.36. The molecule has 2 aliphatic rings. The highest BCUT2D eigenvalue weighted by Crippen LogP contribution is 2.54. The van der Waals surface area contributed by atoms with Gasteiger partial charge in [-0.15, -0.1) is 0 Å². The van der Waals surface area contributed by atoms with E-state index < -0.39 is 5.41 Å². The number of carbonyl (C=O) groups is 1. The third-order valence-corrected chi connectivity index (χ3v) is 4.32. The molecule has 0 aliphatic heterocycles. The molecule has 2 nitrogen and oxygen atoms in total. The number of fused-ring (bicyclic) bond motifs is 2. The zero-order chi connectivity index (χ0) is 12.6. The summed E-state index contributed by atoms with van der Waals surface area (Å²) in [6, 6.07) is 10.1. The van der Waals surface area contributed by atoms with Gasteiger partial charge in [0.25, 0.3) is 0 Å². The van der Waals surface area contributed by atoms with Gasteiger partial charge in [-0.2, -0.15) is 0 Å². The predicted octanol–water partition coefficient (Wildman–Crippen LogP) is 3.08. The van der Waals surface area contributed by atoms with Crippen LogP contribution in [0.3, 0.4) is 0 Å². The molecule has 2 heteroatoms. The fourth-order valence-corrected chi connectivity index (χ4v) is 3.54. The number of benzene rings is 1. The molecule has 0 amide bonds. The number of allylic oxidation sites excluding steroid dienone is 2. The van der Waals surface area contributed by atoms with E-state index in [-0.39, 0.29) is 5.97 Å². The van der Waals surface area contributed by atoms with E-state index in [2.05, 4.69) is 24.3 Å². The highest BCUT2D eigenvalue weighted by molar-refractivity contribution is 5.85. The van der Waals surface area contributed by atoms with Crippen LogP contribution in [0.4, 0.5) is 0 Å². The highest BCUT2D eigenvalue weighted by Gasteiger charge is 2.55. The maximum Gasteiger partial charge on any atom is 0.317 e. The second kappa shape index (κ2) is 4.27. The summed E-state index contributed by atoms with van der Waals surface area (Å²) >= 11 is 0. The lowest BCUT2D eigenvalue weighted by Gasteiger charge is -2.33. The van der Waals surface area contributed by atoms with E-state index in [9.17, 15) is 4.79 Å². The minimum absolute atomic E-state index is 0.0481. The van der Waals surface area contributed by atoms with Crippen LogP contribution in [-0.4, -0.2) is 12.6 Å². The fourth-order valence-electron chi connectivity index (χ4n) is 3.54. The molecule has 94 valence electrons. The van der Waals surface area contributed by atoms with Crippen LogP contribution in [0, 0.1) is 11.8 Å². The van der Waals surface area contributed by atoms with Crippen molar-refractivity contribution < 1.29 is 9.53 Å². The van der Waals surface area contributed by atoms with Crippen LogP contribution in [-0.2, 0) is 14.9 Å². The summed E-state index contributed by atoms with van der Waals surface area (Å²) in [5.74, 6) is 0.802. The number of ether oxygens (including phenoxy) is 1. The van der Waals surface area contributed by atoms with Crippen LogP contribution < -0.4 is 0 Å². The Kier molecular flexibility index (Phi) is 2.73. The SMILES string of the molecule is CCOC(=O)C1(c2ccccc2)CC2C=CC1C2. The van der Waals surface area contributed by atoms with Gasteiger partial charge in [0.05, 0.1) is 12.0 Å². The molecule has 0 radical (unpaired) electrons. The van der Waals surface area contributed by atoms with Crippen molar-refractivity contribution in [3.63, 3.8) is 0 Å². The van der Waals surface area contributed by atoms with Crippen molar-refractivity contribution in [2.75, 3.05) is 6.61 Å². The molecule has 3 atom stereocenters. The van der Waals surface area contributed by atoms with Crippen molar-refractivity contribution in [3.05, 3.63) is 48.0 Å². The molecule has 0 saturated heterocycles. The number of carbonyl (C=O) groups excluding carboxylic acids is 1. The quantitative estimate of drug-likeness (QED) is 0.601. The first kappa shape index (κ1) is 11.5. The van der Waals surface area contributed by atoms with Crippen molar-refractivity contribution >= 4 is 5.97 Å². The topological polar surface area (TPSA) is 26.3 Å². The number of rotatable bonds is 3. The molecule has 1 aromatic rings. The molecule has 2 bridgehead atoms. The molecule has 0 spiro atoms. The Balaban J connectivity index is 2.05. The lowest BCUT2D eigenvalue weighted by molar-refractivity contribution is -0.151. The minimum Gasteiger partial charge on any atom is -0.465 e. The van der Waals surface area contributed by atoms with E-state index >= 15 is 0 Å². The maximum absolute atomic E-state index is 12.5. The number of hydrogen-bond acceptors (Lipinski definition) is 2. The molecule has 3 unspecified atom stereocenters. The van der Waals surface area contributed by atoms with Crippen LogP contribution in [0.2, 0.25) is 0 Å². The number of esters is 1. The van der Waals surface area contributed by atoms with E-state index in [4.69, 9.17) is 4.74 Å². The molecule has 1 aromatic carbocycles. The Labute approximate surface area is 108 Å². The van der Waals surface area contributed by atoms with Gasteiger partial charge in [-0.1, -0.05) is 42.5 Å². The summed E-state index contributed by atoms with van der Waals surface area (Å²) in [4.78, 5) is 12.5. The average molecular weight is 242 g/mol. The minimum atomic E-state index is -0.434. The Bertz CT molecular complexity index is 477. The van der Waals surface area contributed by atoms with Gasteiger partial charge in [-0.3, -0.25) is 4.79 Å². The summed E-state index contributed by atoms with van der Waals surface area (Å²) in [6.45, 7) is 2.33. The second-order valence-corrected chi connectivity index (χ2v) is 5.25. The van der Waals surface area contributed by atoms with Gasteiger partial charge in [0.15, 0.2) is 0 Å². The first-order valence-corrected chi connectivity index (χ1v) is 6.68. The van der Waals surface area contributed by atoms with Gasteiger partial charge in [-0.05, 0) is 37.2 Å².